The zero-order chi connectivity index (χ0) is 18.7. The van der Waals surface area contributed by atoms with Gasteiger partial charge in [-0.2, -0.15) is 10.5 Å². The van der Waals surface area contributed by atoms with Crippen molar-refractivity contribution in [2.24, 2.45) is 21.6 Å². The summed E-state index contributed by atoms with van der Waals surface area (Å²) < 4.78 is 22.3. The van der Waals surface area contributed by atoms with Crippen molar-refractivity contribution in [1.82, 2.24) is 0 Å². The first-order valence-electron chi connectivity index (χ1n) is 8.18. The maximum Gasteiger partial charge on any atom is 0.293 e. The van der Waals surface area contributed by atoms with Crippen LogP contribution in [0.15, 0.2) is 23.2 Å². The highest BCUT2D eigenvalue weighted by molar-refractivity contribution is 6.00. The molecule has 8 nitrogen and oxygen atoms in total. The van der Waals surface area contributed by atoms with Gasteiger partial charge in [-0.05, 0) is 24.6 Å². The van der Waals surface area contributed by atoms with Crippen molar-refractivity contribution in [2.45, 2.75) is 24.9 Å². The second-order valence-electron chi connectivity index (χ2n) is 6.71. The summed E-state index contributed by atoms with van der Waals surface area (Å²) in [6.45, 7) is 2.10. The van der Waals surface area contributed by atoms with E-state index in [0.717, 1.165) is 5.56 Å². The van der Waals surface area contributed by atoms with Gasteiger partial charge in [-0.1, -0.05) is 6.07 Å². The van der Waals surface area contributed by atoms with Crippen LogP contribution in [0, 0.1) is 33.5 Å². The Labute approximate surface area is 150 Å². The molecule has 2 N–H and O–H groups in total. The summed E-state index contributed by atoms with van der Waals surface area (Å²) >= 11 is 0. The van der Waals surface area contributed by atoms with Crippen LogP contribution in [0.3, 0.4) is 0 Å². The lowest BCUT2D eigenvalue weighted by Gasteiger charge is -2.26. The molecule has 3 aliphatic rings. The monoisotopic (exact) mass is 354 g/mol. The number of fused-ring (bicyclic) bond motifs is 2. The first kappa shape index (κ1) is 16.6. The van der Waals surface area contributed by atoms with Crippen LogP contribution in [0.1, 0.15) is 18.4 Å². The predicted octanol–water partition coefficient (Wildman–Crippen LogP) is 1.28. The van der Waals surface area contributed by atoms with Gasteiger partial charge in [0.15, 0.2) is 16.9 Å². The molecular weight excluding hydrogens is 336 g/mol. The van der Waals surface area contributed by atoms with E-state index < -0.39 is 22.7 Å². The van der Waals surface area contributed by atoms with Gasteiger partial charge < -0.3 is 24.7 Å². The van der Waals surface area contributed by atoms with Crippen molar-refractivity contribution in [3.05, 3.63) is 23.8 Å². The minimum atomic E-state index is -1.56. The molecule has 1 spiro atoms. The van der Waals surface area contributed by atoms with Crippen LogP contribution in [0.25, 0.3) is 0 Å². The molecule has 0 amide bonds. The molecule has 1 saturated carbocycles. The van der Waals surface area contributed by atoms with E-state index in [4.69, 9.17) is 24.7 Å². The summed E-state index contributed by atoms with van der Waals surface area (Å²) in [6.07, 6.45) is -0.252. The summed E-state index contributed by atoms with van der Waals surface area (Å²) in [7, 11) is 3.07. The number of hydrogen-bond acceptors (Lipinski definition) is 8. The van der Waals surface area contributed by atoms with Gasteiger partial charge in [0.2, 0.25) is 0 Å². The van der Waals surface area contributed by atoms with E-state index in [1.807, 2.05) is 6.92 Å². The Morgan fingerprint density at radius 3 is 2.50 bits per heavy atom. The Morgan fingerprint density at radius 2 is 1.96 bits per heavy atom. The van der Waals surface area contributed by atoms with E-state index in [1.54, 1.807) is 18.2 Å². The van der Waals surface area contributed by atoms with E-state index in [2.05, 4.69) is 17.1 Å². The summed E-state index contributed by atoms with van der Waals surface area (Å²) in [5.41, 5.74) is 4.21. The molecule has 0 radical (unpaired) electrons. The van der Waals surface area contributed by atoms with Gasteiger partial charge in [0.25, 0.3) is 5.91 Å². The van der Waals surface area contributed by atoms with Crippen LogP contribution in [0.5, 0.6) is 11.5 Å². The average molecular weight is 354 g/mol. The Kier molecular flexibility index (Phi) is 3.27. The third-order valence-electron chi connectivity index (χ3n) is 5.54. The molecule has 26 heavy (non-hydrogen) atoms. The van der Waals surface area contributed by atoms with Crippen molar-refractivity contribution < 1.29 is 18.9 Å². The van der Waals surface area contributed by atoms with E-state index in [0.29, 0.717) is 11.5 Å². The van der Waals surface area contributed by atoms with Crippen molar-refractivity contribution in [3.8, 4) is 23.6 Å². The summed E-state index contributed by atoms with van der Waals surface area (Å²) in [4.78, 5) is 4.29. The number of ether oxygens (including phenoxy) is 4. The van der Waals surface area contributed by atoms with Crippen LogP contribution >= 0.6 is 0 Å². The van der Waals surface area contributed by atoms with Gasteiger partial charge in [-0.25, -0.2) is 4.99 Å². The quantitative estimate of drug-likeness (QED) is 0.867. The molecule has 0 bridgehead atoms. The summed E-state index contributed by atoms with van der Waals surface area (Å²) in [5.74, 6) is -0.985. The molecule has 1 saturated heterocycles. The summed E-state index contributed by atoms with van der Waals surface area (Å²) in [5, 5.41) is 20.1. The Morgan fingerprint density at radius 1 is 1.23 bits per heavy atom. The highest BCUT2D eigenvalue weighted by atomic mass is 16.8. The molecule has 2 heterocycles. The highest BCUT2D eigenvalue weighted by Gasteiger charge is 2.94. The van der Waals surface area contributed by atoms with Crippen LogP contribution < -0.4 is 15.2 Å². The third kappa shape index (κ3) is 1.57. The molecule has 4 rings (SSSR count). The van der Waals surface area contributed by atoms with E-state index in [-0.39, 0.29) is 18.5 Å². The molecule has 134 valence electrons. The number of benzene rings is 1. The van der Waals surface area contributed by atoms with Crippen LogP contribution in [-0.2, 0) is 9.47 Å². The van der Waals surface area contributed by atoms with Crippen molar-refractivity contribution >= 4 is 5.84 Å². The highest BCUT2D eigenvalue weighted by Crippen LogP contribution is 2.82. The number of methoxy groups -OCH3 is 2. The Hall–Kier alpha value is -2.81. The van der Waals surface area contributed by atoms with Crippen LogP contribution in [-0.4, -0.2) is 38.7 Å². The standard InChI is InChI=1S/C18H18N4O4/c1-10-7-25-18(26-10)17(9-20)14(16(17,8-19)15(21)22-18)11-4-5-12(23-2)13(6-11)24-3/h4-6,10,14H,7H2,1-3H3,(H2,21,22)/t10-,14-,16-,17-,18+/m1/s1. The maximum atomic E-state index is 10.1. The Bertz CT molecular complexity index is 903. The van der Waals surface area contributed by atoms with Gasteiger partial charge in [0.1, 0.15) is 11.3 Å². The molecule has 1 aromatic carbocycles. The summed E-state index contributed by atoms with van der Waals surface area (Å²) in [6, 6.07) is 9.77. The van der Waals surface area contributed by atoms with Gasteiger partial charge >= 0.3 is 0 Å². The number of rotatable bonds is 3. The first-order chi connectivity index (χ1) is 12.5. The lowest BCUT2D eigenvalue weighted by molar-refractivity contribution is -0.193. The molecule has 5 atom stereocenters. The van der Waals surface area contributed by atoms with E-state index in [9.17, 15) is 10.5 Å². The van der Waals surface area contributed by atoms with Crippen molar-refractivity contribution in [1.29, 1.82) is 10.5 Å². The SMILES string of the molecule is COc1ccc([C@H]2[C@@]3(C#N)[C@]4(N=C(N)[C@@]23C#N)OC[C@@H](C)O4)cc1OC. The number of amidine groups is 1. The Balaban J connectivity index is 1.88. The molecule has 8 heteroatoms. The maximum absolute atomic E-state index is 10.1. The smallest absolute Gasteiger partial charge is 0.293 e. The number of nitriles is 2. The average Bonchev–Trinajstić information content (AvgIpc) is 3.05. The zero-order valence-electron chi connectivity index (χ0n) is 14.6. The minimum absolute atomic E-state index is 0.0652. The third-order valence-corrected chi connectivity index (χ3v) is 5.54. The van der Waals surface area contributed by atoms with E-state index in [1.165, 1.54) is 14.2 Å². The number of hydrogen-bond donors (Lipinski definition) is 1. The lowest BCUT2D eigenvalue weighted by atomic mass is 9.94. The van der Waals surface area contributed by atoms with Crippen LogP contribution in [0.4, 0.5) is 0 Å². The fourth-order valence-corrected chi connectivity index (χ4v) is 4.39. The predicted molar refractivity (Wildman–Crippen MR) is 89.2 cm³/mol. The van der Waals surface area contributed by atoms with Crippen LogP contribution in [0.2, 0.25) is 0 Å². The molecule has 0 unspecified atom stereocenters. The number of nitrogens with zero attached hydrogens (tertiary/aromatic N) is 3. The minimum Gasteiger partial charge on any atom is -0.493 e. The first-order valence-corrected chi connectivity index (χ1v) is 8.18. The molecule has 1 aliphatic carbocycles. The molecule has 2 aliphatic heterocycles. The van der Waals surface area contributed by atoms with Gasteiger partial charge in [-0.3, -0.25) is 0 Å². The topological polar surface area (TPSA) is 123 Å². The fraction of sp³-hybridized carbons (Fsp3) is 0.500. The number of nitrogens with two attached hydrogens (primary N) is 1. The molecule has 1 aromatic rings. The normalized spacial score (nSPS) is 39.7. The van der Waals surface area contributed by atoms with Crippen molar-refractivity contribution in [3.63, 3.8) is 0 Å². The zero-order valence-corrected chi connectivity index (χ0v) is 14.6. The molecular formula is C18H18N4O4. The second-order valence-corrected chi connectivity index (χ2v) is 6.71. The van der Waals surface area contributed by atoms with E-state index >= 15 is 0 Å². The van der Waals surface area contributed by atoms with Crippen molar-refractivity contribution in [2.75, 3.05) is 20.8 Å². The van der Waals surface area contributed by atoms with Gasteiger partial charge in [0.05, 0.1) is 39.1 Å². The molecule has 2 fully saturated rings. The number of aliphatic imine (C=N–C) groups is 1. The van der Waals surface area contributed by atoms with Gasteiger partial charge in [0, 0.05) is 5.92 Å². The lowest BCUT2D eigenvalue weighted by Crippen LogP contribution is -2.39. The second kappa shape index (κ2) is 5.10. The molecule has 0 aromatic heterocycles. The fourth-order valence-electron chi connectivity index (χ4n) is 4.39. The largest absolute Gasteiger partial charge is 0.493 e. The van der Waals surface area contributed by atoms with Gasteiger partial charge in [-0.15, -0.1) is 0 Å².